The molecule has 5 fully saturated rings. The van der Waals surface area contributed by atoms with Crippen molar-refractivity contribution in [1.82, 2.24) is 9.47 Å². The Balaban J connectivity index is 0.800. The predicted octanol–water partition coefficient (Wildman–Crippen LogP) is 4.23. The van der Waals surface area contributed by atoms with E-state index < -0.39 is 101 Å². The number of fused-ring (bicyclic) bond motifs is 6. The third-order valence-electron chi connectivity index (χ3n) is 15.2. The smallest absolute Gasteiger partial charge is 0.413 e. The third kappa shape index (κ3) is 7.55. The number of hydrogen-bond donors (Lipinski definition) is 3. The van der Waals surface area contributed by atoms with E-state index in [0.717, 1.165) is 24.5 Å². The molecular weight excluding hydrogens is 838 g/mol. The topological polar surface area (TPSA) is 229 Å². The summed E-state index contributed by atoms with van der Waals surface area (Å²) in [6.45, 7) is 4.42. The Morgan fingerprint density at radius 3 is 2.38 bits per heavy atom. The first-order valence-electron chi connectivity index (χ1n) is 21.9. The van der Waals surface area contributed by atoms with Gasteiger partial charge in [-0.15, -0.1) is 0 Å². The minimum absolute atomic E-state index is 0.00336. The number of allylic oxidation sites excluding steroid dienone is 4. The summed E-state index contributed by atoms with van der Waals surface area (Å²) in [4.78, 5) is 91.8. The van der Waals surface area contributed by atoms with Crippen molar-refractivity contribution in [3.63, 3.8) is 0 Å². The summed E-state index contributed by atoms with van der Waals surface area (Å²) in [7, 11) is 1.34. The maximum Gasteiger partial charge on any atom is 0.413 e. The van der Waals surface area contributed by atoms with E-state index in [0.29, 0.717) is 19.3 Å². The number of hydrogen-bond acceptors (Lipinski definition) is 14. The van der Waals surface area contributed by atoms with Crippen LogP contribution in [-0.4, -0.2) is 118 Å². The monoisotopic (exact) mass is 891 g/mol. The molecule has 8 atom stereocenters. The number of halogens is 1. The number of ketones is 2. The largest absolute Gasteiger partial charge is 0.492 e. The maximum atomic E-state index is 15.8. The van der Waals surface area contributed by atoms with Crippen molar-refractivity contribution >= 4 is 52.2 Å². The van der Waals surface area contributed by atoms with Crippen molar-refractivity contribution in [2.24, 2.45) is 28.6 Å². The molecule has 1 saturated heterocycles. The number of carbonyl (C=O) groups excluding carboxylic acids is 5. The average molecular weight is 892 g/mol. The molecule has 64 heavy (non-hydrogen) atoms. The number of carboxylic acids is 1. The van der Waals surface area contributed by atoms with Crippen LogP contribution < -0.4 is 15.1 Å². The molecule has 1 aromatic heterocycles. The van der Waals surface area contributed by atoms with Crippen LogP contribution in [0.5, 0.6) is 5.75 Å². The van der Waals surface area contributed by atoms with Crippen molar-refractivity contribution in [3.8, 4) is 5.75 Å². The summed E-state index contributed by atoms with van der Waals surface area (Å²) >= 11 is 0. The Labute approximate surface area is 367 Å². The normalized spacial score (nSPS) is 30.8. The van der Waals surface area contributed by atoms with Crippen LogP contribution in [-0.2, 0) is 33.4 Å². The highest BCUT2D eigenvalue weighted by molar-refractivity contribution is 6.01. The zero-order chi connectivity index (χ0) is 46.0. The number of carbonyl (C=O) groups is 6. The zero-order valence-electron chi connectivity index (χ0n) is 36.3. The lowest BCUT2D eigenvalue weighted by Crippen LogP contribution is -2.61. The van der Waals surface area contributed by atoms with Gasteiger partial charge in [0.15, 0.2) is 24.0 Å². The molecule has 4 saturated carbocycles. The number of anilines is 1. The van der Waals surface area contributed by atoms with Crippen LogP contribution in [0.25, 0.3) is 10.9 Å². The first-order chi connectivity index (χ1) is 30.3. The van der Waals surface area contributed by atoms with Gasteiger partial charge in [0.1, 0.15) is 16.9 Å². The Morgan fingerprint density at radius 1 is 0.984 bits per heavy atom. The molecule has 17 nitrogen and oxygen atoms in total. The van der Waals surface area contributed by atoms with E-state index in [-0.39, 0.29) is 84.4 Å². The molecule has 1 unspecified atom stereocenters. The van der Waals surface area contributed by atoms with Crippen LogP contribution in [0.3, 0.4) is 0 Å². The number of carboxylic acid groups (broad SMARTS) is 1. The standard InChI is InChI=1S/C46H54FN3O14/c1-24-20-48(39-32(47)18-29-38(41(39)61-4)50(26-6-7-26)21-30(40(29)56)42(57)58)15-16-49(24)43(59)64-23-63-36(55)10-9-35(54)62-22-34(53)46(60)14-12-31-28-8-5-25-17-27(51)11-13-44(25,2)37(28)33(52)19-45(31,46)3/h11,13,17-18,21,24,26,28,31,33,37,52,60H,5-10,12,14-16,19-20,22-23H2,1-4H3,(H,57,58)/t24?,28-,31-,33-,37+,44-,45-,46-/m0/s1. The molecule has 0 radical (unpaired) electrons. The summed E-state index contributed by atoms with van der Waals surface area (Å²) in [6, 6.07) is 0.414. The van der Waals surface area contributed by atoms with Gasteiger partial charge in [-0.05, 0) is 81.9 Å². The molecular formula is C46H54FN3O14. The number of amides is 1. The molecule has 6 aliphatic rings. The Bertz CT molecular complexity index is 2440. The van der Waals surface area contributed by atoms with Crippen LogP contribution in [0.15, 0.2) is 40.9 Å². The predicted molar refractivity (Wildman–Crippen MR) is 224 cm³/mol. The number of aliphatic hydroxyl groups excluding tert-OH is 1. The minimum atomic E-state index is -1.84. The van der Waals surface area contributed by atoms with Crippen LogP contribution in [0.4, 0.5) is 14.9 Å². The average Bonchev–Trinajstić information content (AvgIpc) is 4.05. The van der Waals surface area contributed by atoms with Gasteiger partial charge in [-0.25, -0.2) is 14.0 Å². The highest BCUT2D eigenvalue weighted by Gasteiger charge is 2.68. The van der Waals surface area contributed by atoms with Crippen LogP contribution in [0, 0.1) is 34.4 Å². The van der Waals surface area contributed by atoms with E-state index in [9.17, 15) is 48.9 Å². The number of Topliss-reactive ketones (excluding diaryl/α,β-unsaturated/α-hetero) is 1. The molecule has 1 amide bonds. The molecule has 2 aromatic rings. The lowest BCUT2D eigenvalue weighted by molar-refractivity contribution is -0.181. The fraction of sp³-hybridized carbons (Fsp3) is 0.587. The molecule has 5 aliphatic carbocycles. The summed E-state index contributed by atoms with van der Waals surface area (Å²) in [6.07, 6.45) is 7.59. The van der Waals surface area contributed by atoms with Crippen LogP contribution >= 0.6 is 0 Å². The van der Waals surface area contributed by atoms with Crippen molar-refractivity contribution in [2.45, 2.75) is 102 Å². The number of aromatic carboxylic acids is 1. The van der Waals surface area contributed by atoms with Gasteiger partial charge >= 0.3 is 24.0 Å². The van der Waals surface area contributed by atoms with Gasteiger partial charge < -0.3 is 48.6 Å². The van der Waals surface area contributed by atoms with Crippen molar-refractivity contribution < 1.29 is 67.4 Å². The number of pyridine rings is 1. The molecule has 18 heteroatoms. The van der Waals surface area contributed by atoms with Gasteiger partial charge in [-0.1, -0.05) is 25.5 Å². The lowest BCUT2D eigenvalue weighted by Gasteiger charge is -2.59. The lowest BCUT2D eigenvalue weighted by atomic mass is 9.46. The van der Waals surface area contributed by atoms with Gasteiger partial charge in [-0.3, -0.25) is 24.0 Å². The first kappa shape index (κ1) is 45.0. The van der Waals surface area contributed by atoms with E-state index in [1.165, 1.54) is 18.2 Å². The minimum Gasteiger partial charge on any atom is -0.492 e. The number of rotatable bonds is 12. The van der Waals surface area contributed by atoms with E-state index >= 15 is 4.39 Å². The van der Waals surface area contributed by atoms with E-state index in [1.54, 1.807) is 28.5 Å². The maximum absolute atomic E-state index is 15.8. The van der Waals surface area contributed by atoms with Crippen LogP contribution in [0.2, 0.25) is 0 Å². The summed E-state index contributed by atoms with van der Waals surface area (Å²) in [5.41, 5.74) is -3.27. The summed E-state index contributed by atoms with van der Waals surface area (Å²) < 4.78 is 38.6. The second-order valence-corrected chi connectivity index (χ2v) is 18.7. The van der Waals surface area contributed by atoms with Crippen molar-refractivity contribution in [1.29, 1.82) is 0 Å². The molecule has 8 rings (SSSR count). The molecule has 0 bridgehead atoms. The molecule has 0 spiro atoms. The number of aliphatic hydroxyl groups is 2. The quantitative estimate of drug-likeness (QED) is 0.200. The number of nitrogens with zero attached hydrogens (tertiary/aromatic N) is 3. The second kappa shape index (κ2) is 16.7. The Morgan fingerprint density at radius 2 is 1.70 bits per heavy atom. The highest BCUT2D eigenvalue weighted by atomic mass is 19.1. The number of methoxy groups -OCH3 is 1. The molecule has 1 aliphatic heterocycles. The molecule has 344 valence electrons. The van der Waals surface area contributed by atoms with E-state index in [2.05, 4.69) is 0 Å². The van der Waals surface area contributed by atoms with Gasteiger partial charge in [0.05, 0.1) is 37.0 Å². The molecule has 2 heterocycles. The van der Waals surface area contributed by atoms with E-state index in [4.69, 9.17) is 18.9 Å². The van der Waals surface area contributed by atoms with Crippen molar-refractivity contribution in [2.75, 3.05) is 45.0 Å². The van der Waals surface area contributed by atoms with Crippen LogP contribution in [0.1, 0.15) is 95.0 Å². The summed E-state index contributed by atoms with van der Waals surface area (Å²) in [5, 5.41) is 33.0. The van der Waals surface area contributed by atoms with Gasteiger partial charge in [0.25, 0.3) is 0 Å². The summed E-state index contributed by atoms with van der Waals surface area (Å²) in [5.74, 6) is -4.89. The number of ether oxygens (including phenoxy) is 4. The second-order valence-electron chi connectivity index (χ2n) is 18.7. The Hall–Kier alpha value is -5.62. The number of benzene rings is 1. The van der Waals surface area contributed by atoms with Crippen molar-refractivity contribution in [3.05, 3.63) is 57.7 Å². The van der Waals surface area contributed by atoms with E-state index in [1.807, 2.05) is 19.9 Å². The number of aromatic nitrogens is 1. The van der Waals surface area contributed by atoms with Gasteiger partial charge in [0.2, 0.25) is 18.0 Å². The third-order valence-corrected chi connectivity index (χ3v) is 15.2. The molecule has 3 N–H and O–H groups in total. The fourth-order valence-electron chi connectivity index (χ4n) is 11.8. The number of piperazine rings is 1. The van der Waals surface area contributed by atoms with Gasteiger partial charge in [0, 0.05) is 54.7 Å². The highest BCUT2D eigenvalue weighted by Crippen LogP contribution is 2.67. The first-order valence-corrected chi connectivity index (χ1v) is 21.9. The zero-order valence-corrected chi connectivity index (χ0v) is 36.3. The molecule has 1 aromatic carbocycles. The number of esters is 2. The van der Waals surface area contributed by atoms with Gasteiger partial charge in [-0.2, -0.15) is 0 Å². The SMILES string of the molecule is COc1c(N2CCN(C(=O)OCOC(=O)CCC(=O)OCC(=O)[C@@]3(O)CC[C@H]4[C@@H]5CCC6=CC(=O)C=C[C@]6(C)[C@H]5[C@@H](O)C[C@@]43C)C(C)C2)c(F)cc2c(=O)c(C(=O)O)cn(C3CC3)c12. The Kier molecular flexibility index (Phi) is 11.8. The fourth-order valence-corrected chi connectivity index (χ4v) is 11.8.